The van der Waals surface area contributed by atoms with Crippen LogP contribution in [0.15, 0.2) is 46.9 Å². The summed E-state index contributed by atoms with van der Waals surface area (Å²) in [5.74, 6) is 0.310. The lowest BCUT2D eigenvalue weighted by Crippen LogP contribution is -2.10. The van der Waals surface area contributed by atoms with E-state index in [0.717, 1.165) is 51.0 Å². The van der Waals surface area contributed by atoms with Gasteiger partial charge in [-0.15, -0.1) is 0 Å². The number of halogens is 1. The minimum absolute atomic E-state index is 0.310. The van der Waals surface area contributed by atoms with Crippen LogP contribution >= 0.6 is 15.9 Å². The number of hydrogen-bond acceptors (Lipinski definition) is 3. The topological polar surface area (TPSA) is 67.6 Å². The Morgan fingerprint density at radius 3 is 2.50 bits per heavy atom. The summed E-state index contributed by atoms with van der Waals surface area (Å²) in [6.07, 6.45) is 1.89. The van der Waals surface area contributed by atoms with E-state index < -0.39 is 0 Å². The Hall–Kier alpha value is -2.66. The molecule has 3 N–H and O–H groups in total. The first-order chi connectivity index (χ1) is 12.6. The number of nitrogens with two attached hydrogens (primary N) is 1. The molecule has 2 heterocycles. The van der Waals surface area contributed by atoms with Gasteiger partial charge in [-0.05, 0) is 49.1 Å². The number of rotatable bonds is 1. The van der Waals surface area contributed by atoms with E-state index in [1.165, 1.54) is 16.5 Å². The van der Waals surface area contributed by atoms with Gasteiger partial charge in [0.2, 0.25) is 5.95 Å². The highest BCUT2D eigenvalue weighted by Gasteiger charge is 2.26. The van der Waals surface area contributed by atoms with Gasteiger partial charge >= 0.3 is 0 Å². The summed E-state index contributed by atoms with van der Waals surface area (Å²) in [5, 5.41) is 1.28. The van der Waals surface area contributed by atoms with E-state index in [2.05, 4.69) is 68.1 Å². The number of benzene rings is 2. The SMILES string of the molecule is Cc1ccc2c3c([nH]c2c1)-c1nc(N)nc(-c2ccc(Br)cc2)c1CC3. The van der Waals surface area contributed by atoms with Gasteiger partial charge < -0.3 is 10.7 Å². The summed E-state index contributed by atoms with van der Waals surface area (Å²) >= 11 is 3.49. The van der Waals surface area contributed by atoms with Gasteiger partial charge in [0.25, 0.3) is 0 Å². The predicted molar refractivity (Wildman–Crippen MR) is 109 cm³/mol. The highest BCUT2D eigenvalue weighted by atomic mass is 79.9. The first-order valence-corrected chi connectivity index (χ1v) is 9.43. The summed E-state index contributed by atoms with van der Waals surface area (Å²) < 4.78 is 1.05. The molecule has 26 heavy (non-hydrogen) atoms. The van der Waals surface area contributed by atoms with Crippen molar-refractivity contribution in [2.24, 2.45) is 0 Å². The molecule has 2 aromatic heterocycles. The highest BCUT2D eigenvalue weighted by Crippen LogP contribution is 2.40. The Labute approximate surface area is 159 Å². The number of nitrogen functional groups attached to an aromatic ring is 1. The van der Waals surface area contributed by atoms with Crippen molar-refractivity contribution < 1.29 is 0 Å². The van der Waals surface area contributed by atoms with Crippen molar-refractivity contribution in [2.45, 2.75) is 19.8 Å². The Morgan fingerprint density at radius 1 is 0.962 bits per heavy atom. The summed E-state index contributed by atoms with van der Waals surface area (Å²) in [4.78, 5) is 12.7. The monoisotopic (exact) mass is 404 g/mol. The van der Waals surface area contributed by atoms with E-state index in [1.54, 1.807) is 0 Å². The van der Waals surface area contributed by atoms with Crippen molar-refractivity contribution in [3.05, 3.63) is 63.6 Å². The molecule has 1 aliphatic rings. The van der Waals surface area contributed by atoms with E-state index in [0.29, 0.717) is 5.95 Å². The molecule has 1 aliphatic carbocycles. The van der Waals surface area contributed by atoms with Crippen LogP contribution in [0.25, 0.3) is 33.5 Å². The van der Waals surface area contributed by atoms with E-state index in [1.807, 2.05) is 12.1 Å². The number of nitrogens with zero attached hydrogens (tertiary/aromatic N) is 2. The van der Waals surface area contributed by atoms with Crippen LogP contribution in [-0.2, 0) is 12.8 Å². The molecule has 0 fully saturated rings. The van der Waals surface area contributed by atoms with E-state index in [9.17, 15) is 0 Å². The third-order valence-electron chi connectivity index (χ3n) is 5.07. The molecule has 0 saturated carbocycles. The first-order valence-electron chi connectivity index (χ1n) is 8.64. The average molecular weight is 405 g/mol. The van der Waals surface area contributed by atoms with E-state index >= 15 is 0 Å². The molecule has 5 rings (SSSR count). The second-order valence-corrected chi connectivity index (χ2v) is 7.71. The molecule has 0 saturated heterocycles. The van der Waals surface area contributed by atoms with Crippen LogP contribution in [0.2, 0.25) is 0 Å². The third kappa shape index (κ3) is 2.35. The number of hydrogen-bond donors (Lipinski definition) is 2. The van der Waals surface area contributed by atoms with Crippen LogP contribution in [0.5, 0.6) is 0 Å². The number of fused-ring (bicyclic) bond motifs is 5. The van der Waals surface area contributed by atoms with Crippen molar-refractivity contribution in [1.82, 2.24) is 15.0 Å². The summed E-state index contributed by atoms with van der Waals surface area (Å²) in [6.45, 7) is 2.11. The van der Waals surface area contributed by atoms with Crippen LogP contribution in [0.1, 0.15) is 16.7 Å². The second kappa shape index (κ2) is 5.68. The average Bonchev–Trinajstić information content (AvgIpc) is 2.99. The summed E-state index contributed by atoms with van der Waals surface area (Å²) in [7, 11) is 0. The molecule has 0 aliphatic heterocycles. The second-order valence-electron chi connectivity index (χ2n) is 6.79. The fraction of sp³-hybridized carbons (Fsp3) is 0.143. The maximum Gasteiger partial charge on any atom is 0.221 e. The zero-order valence-electron chi connectivity index (χ0n) is 14.3. The molecule has 4 nitrogen and oxygen atoms in total. The predicted octanol–water partition coefficient (Wildman–Crippen LogP) is 5.04. The van der Waals surface area contributed by atoms with Crippen molar-refractivity contribution in [1.29, 1.82) is 0 Å². The van der Waals surface area contributed by atoms with E-state index in [-0.39, 0.29) is 0 Å². The Morgan fingerprint density at radius 2 is 1.69 bits per heavy atom. The molecule has 0 radical (unpaired) electrons. The molecule has 2 aromatic carbocycles. The molecular weight excluding hydrogens is 388 g/mol. The number of aryl methyl sites for hydroxylation is 2. The smallest absolute Gasteiger partial charge is 0.221 e. The van der Waals surface area contributed by atoms with Crippen LogP contribution in [0.4, 0.5) is 5.95 Å². The number of H-pyrrole nitrogens is 1. The lowest BCUT2D eigenvalue weighted by Gasteiger charge is -2.19. The van der Waals surface area contributed by atoms with Crippen molar-refractivity contribution in [2.75, 3.05) is 5.73 Å². The van der Waals surface area contributed by atoms with Gasteiger partial charge in [-0.2, -0.15) is 0 Å². The van der Waals surface area contributed by atoms with Crippen molar-refractivity contribution in [3.63, 3.8) is 0 Å². The molecular formula is C21H17BrN4. The molecule has 0 unspecified atom stereocenters. The Balaban J connectivity index is 1.77. The van der Waals surface area contributed by atoms with Gasteiger partial charge in [0, 0.05) is 26.5 Å². The van der Waals surface area contributed by atoms with Gasteiger partial charge in [0.05, 0.1) is 17.1 Å². The molecule has 0 atom stereocenters. The van der Waals surface area contributed by atoms with Crippen LogP contribution in [0, 0.1) is 6.92 Å². The molecule has 4 aromatic rings. The maximum absolute atomic E-state index is 6.08. The van der Waals surface area contributed by atoms with Gasteiger partial charge in [0.15, 0.2) is 0 Å². The molecule has 5 heteroatoms. The van der Waals surface area contributed by atoms with Crippen LogP contribution < -0.4 is 5.73 Å². The lowest BCUT2D eigenvalue weighted by atomic mass is 9.89. The molecule has 0 bridgehead atoms. The van der Waals surface area contributed by atoms with Crippen molar-refractivity contribution >= 4 is 32.8 Å². The van der Waals surface area contributed by atoms with E-state index in [4.69, 9.17) is 5.73 Å². The van der Waals surface area contributed by atoms with Crippen LogP contribution in [-0.4, -0.2) is 15.0 Å². The quantitative estimate of drug-likeness (QED) is 0.466. The standard InChI is InChI=1S/C21H17BrN4/c1-11-2-7-14-15-8-9-16-18(12-3-5-13(22)6-4-12)25-21(23)26-20(16)19(15)24-17(14)10-11/h2-7,10,24H,8-9H2,1H3,(H2,23,25,26). The van der Waals surface area contributed by atoms with Gasteiger partial charge in [0.1, 0.15) is 0 Å². The molecule has 0 spiro atoms. The van der Waals surface area contributed by atoms with Crippen molar-refractivity contribution in [3.8, 4) is 22.6 Å². The highest BCUT2D eigenvalue weighted by molar-refractivity contribution is 9.10. The largest absolute Gasteiger partial charge is 0.368 e. The number of anilines is 1. The fourth-order valence-corrected chi connectivity index (χ4v) is 4.14. The molecule has 0 amide bonds. The number of nitrogens with one attached hydrogen (secondary N) is 1. The fourth-order valence-electron chi connectivity index (χ4n) is 3.87. The number of aromatic amines is 1. The summed E-state index contributed by atoms with van der Waals surface area (Å²) in [6, 6.07) is 14.7. The van der Waals surface area contributed by atoms with Gasteiger partial charge in [-0.3, -0.25) is 0 Å². The third-order valence-corrected chi connectivity index (χ3v) is 5.59. The minimum atomic E-state index is 0.310. The number of aromatic nitrogens is 3. The normalized spacial score (nSPS) is 12.8. The maximum atomic E-state index is 6.08. The lowest BCUT2D eigenvalue weighted by molar-refractivity contribution is 0.921. The minimum Gasteiger partial charge on any atom is -0.368 e. The zero-order valence-corrected chi connectivity index (χ0v) is 15.9. The summed E-state index contributed by atoms with van der Waals surface area (Å²) in [5.41, 5.74) is 15.0. The first kappa shape index (κ1) is 15.6. The Kier molecular flexibility index (Phi) is 3.40. The zero-order chi connectivity index (χ0) is 17.8. The van der Waals surface area contributed by atoms with Gasteiger partial charge in [-0.1, -0.05) is 40.2 Å². The van der Waals surface area contributed by atoms with Gasteiger partial charge in [-0.25, -0.2) is 9.97 Å². The molecule has 128 valence electrons. The Bertz CT molecular complexity index is 1160. The van der Waals surface area contributed by atoms with Crippen LogP contribution in [0.3, 0.4) is 0 Å².